The van der Waals surface area contributed by atoms with E-state index in [9.17, 15) is 4.79 Å². The third kappa shape index (κ3) is 2.59. The van der Waals surface area contributed by atoms with Gasteiger partial charge in [0, 0.05) is 24.5 Å². The molecule has 1 amide bonds. The lowest BCUT2D eigenvalue weighted by molar-refractivity contribution is -0.124. The van der Waals surface area contributed by atoms with Crippen LogP contribution in [0.15, 0.2) is 42.7 Å². The van der Waals surface area contributed by atoms with Crippen LogP contribution in [0.5, 0.6) is 0 Å². The van der Waals surface area contributed by atoms with Gasteiger partial charge in [0.1, 0.15) is 0 Å². The number of nitrogens with one attached hydrogen (secondary N) is 2. The van der Waals surface area contributed by atoms with Crippen LogP contribution in [-0.4, -0.2) is 15.6 Å². The van der Waals surface area contributed by atoms with Crippen molar-refractivity contribution in [2.75, 3.05) is 0 Å². The van der Waals surface area contributed by atoms with Crippen LogP contribution < -0.4 is 10.9 Å². The van der Waals surface area contributed by atoms with E-state index in [1.54, 1.807) is 0 Å². The summed E-state index contributed by atoms with van der Waals surface area (Å²) in [6.07, 6.45) is 5.20. The second-order valence-corrected chi connectivity index (χ2v) is 4.96. The molecule has 1 atom stereocenters. The van der Waals surface area contributed by atoms with Crippen molar-refractivity contribution in [3.05, 3.63) is 53.9 Å². The van der Waals surface area contributed by atoms with Gasteiger partial charge in [0.2, 0.25) is 5.91 Å². The molecule has 3 rings (SSSR count). The Morgan fingerprint density at radius 3 is 2.65 bits per heavy atom. The summed E-state index contributed by atoms with van der Waals surface area (Å²) in [5.74, 6) is 0.0433. The minimum Gasteiger partial charge on any atom is -0.392 e. The van der Waals surface area contributed by atoms with E-state index >= 15 is 0 Å². The van der Waals surface area contributed by atoms with Crippen LogP contribution in [-0.2, 0) is 11.4 Å². The van der Waals surface area contributed by atoms with Crippen molar-refractivity contribution >= 4 is 5.91 Å². The van der Waals surface area contributed by atoms with E-state index in [1.165, 1.54) is 0 Å². The third-order valence-electron chi connectivity index (χ3n) is 3.58. The maximum Gasteiger partial charge on any atom is 0.234 e. The molecule has 0 saturated carbocycles. The van der Waals surface area contributed by atoms with Crippen molar-refractivity contribution in [2.45, 2.75) is 25.5 Å². The normalized spacial score (nSPS) is 18.9. The van der Waals surface area contributed by atoms with Gasteiger partial charge in [-0.2, -0.15) is 0 Å². The number of hydrogen-bond acceptors (Lipinski definition) is 3. The van der Waals surface area contributed by atoms with Crippen molar-refractivity contribution in [3.63, 3.8) is 0 Å². The fourth-order valence-corrected chi connectivity index (χ4v) is 2.40. The molecule has 104 valence electrons. The highest BCUT2D eigenvalue weighted by atomic mass is 16.3. The second kappa shape index (κ2) is 5.48. The molecule has 0 aliphatic carbocycles. The van der Waals surface area contributed by atoms with Crippen LogP contribution in [0.3, 0.4) is 0 Å². The molecular weight excluding hydrogens is 254 g/mol. The summed E-state index contributed by atoms with van der Waals surface area (Å²) in [5.41, 5.74) is 8.78. The smallest absolute Gasteiger partial charge is 0.234 e. The number of rotatable bonds is 3. The molecule has 5 heteroatoms. The standard InChI is InChI=1S/C15H17N3O2/c19-10-11-7-8-18(9-11)13-3-1-12(2-4-13)14-5-6-15(20)17-16-14/h1-4,7-9,14,16,19H,5-6,10H2,(H,17,20). The molecule has 1 unspecified atom stereocenters. The molecule has 2 aromatic rings. The van der Waals surface area contributed by atoms with Gasteiger partial charge in [0.25, 0.3) is 0 Å². The zero-order valence-corrected chi connectivity index (χ0v) is 11.0. The van der Waals surface area contributed by atoms with Crippen molar-refractivity contribution in [1.29, 1.82) is 0 Å². The maximum atomic E-state index is 11.1. The van der Waals surface area contributed by atoms with E-state index in [4.69, 9.17) is 5.11 Å². The number of hydrazine groups is 1. The Kier molecular flexibility index (Phi) is 3.54. The molecule has 5 nitrogen and oxygen atoms in total. The minimum absolute atomic E-state index is 0.0433. The number of amides is 1. The van der Waals surface area contributed by atoms with Gasteiger partial charge in [-0.05, 0) is 35.7 Å². The summed E-state index contributed by atoms with van der Waals surface area (Å²) in [7, 11) is 0. The lowest BCUT2D eigenvalue weighted by Crippen LogP contribution is -2.44. The fourth-order valence-electron chi connectivity index (χ4n) is 2.40. The monoisotopic (exact) mass is 271 g/mol. The number of aliphatic hydroxyl groups is 1. The van der Waals surface area contributed by atoms with E-state index in [1.807, 2.05) is 35.2 Å². The van der Waals surface area contributed by atoms with E-state index in [-0.39, 0.29) is 18.6 Å². The number of benzene rings is 1. The van der Waals surface area contributed by atoms with E-state index in [0.717, 1.165) is 23.2 Å². The maximum absolute atomic E-state index is 11.1. The number of carbonyl (C=O) groups excluding carboxylic acids is 1. The van der Waals surface area contributed by atoms with Gasteiger partial charge in [0.15, 0.2) is 0 Å². The molecule has 1 aromatic carbocycles. The quantitative estimate of drug-likeness (QED) is 0.791. The Hall–Kier alpha value is -2.11. The van der Waals surface area contributed by atoms with E-state index in [2.05, 4.69) is 23.0 Å². The van der Waals surface area contributed by atoms with Gasteiger partial charge in [-0.1, -0.05) is 12.1 Å². The fraction of sp³-hybridized carbons (Fsp3) is 0.267. The number of nitrogens with zero attached hydrogens (tertiary/aromatic N) is 1. The highest BCUT2D eigenvalue weighted by molar-refractivity contribution is 5.76. The topological polar surface area (TPSA) is 66.3 Å². The summed E-state index contributed by atoms with van der Waals surface area (Å²) in [5, 5.41) is 9.08. The molecule has 0 radical (unpaired) electrons. The van der Waals surface area contributed by atoms with Crippen LogP contribution in [0.1, 0.15) is 30.0 Å². The zero-order chi connectivity index (χ0) is 13.9. The number of aliphatic hydroxyl groups excluding tert-OH is 1. The Morgan fingerprint density at radius 2 is 2.05 bits per heavy atom. The average molecular weight is 271 g/mol. The second-order valence-electron chi connectivity index (χ2n) is 4.96. The molecule has 20 heavy (non-hydrogen) atoms. The lowest BCUT2D eigenvalue weighted by atomic mass is 10.0. The highest BCUT2D eigenvalue weighted by Crippen LogP contribution is 2.22. The first-order valence-electron chi connectivity index (χ1n) is 6.69. The van der Waals surface area contributed by atoms with Gasteiger partial charge in [0.05, 0.1) is 12.6 Å². The van der Waals surface area contributed by atoms with Gasteiger partial charge in [-0.25, -0.2) is 5.43 Å². The average Bonchev–Trinajstić information content (AvgIpc) is 2.97. The van der Waals surface area contributed by atoms with Crippen LogP contribution in [0, 0.1) is 0 Å². The van der Waals surface area contributed by atoms with Crippen molar-refractivity contribution in [2.24, 2.45) is 0 Å². The highest BCUT2D eigenvalue weighted by Gasteiger charge is 2.18. The summed E-state index contributed by atoms with van der Waals surface area (Å²) in [4.78, 5) is 11.1. The molecule has 1 fully saturated rings. The van der Waals surface area contributed by atoms with Crippen molar-refractivity contribution in [1.82, 2.24) is 15.4 Å². The minimum atomic E-state index is 0.0433. The van der Waals surface area contributed by atoms with Crippen molar-refractivity contribution < 1.29 is 9.90 Å². The van der Waals surface area contributed by atoms with E-state index < -0.39 is 0 Å². The first-order chi connectivity index (χ1) is 9.76. The molecule has 1 aromatic heterocycles. The summed E-state index contributed by atoms with van der Waals surface area (Å²) in [6.45, 7) is 0.0524. The number of hydrogen-bond donors (Lipinski definition) is 3. The molecule has 1 saturated heterocycles. The first-order valence-corrected chi connectivity index (χ1v) is 6.69. The summed E-state index contributed by atoms with van der Waals surface area (Å²) in [6, 6.07) is 10.3. The zero-order valence-electron chi connectivity index (χ0n) is 11.0. The molecule has 3 N–H and O–H groups in total. The SMILES string of the molecule is O=C1CCC(c2ccc(-n3ccc(CO)c3)cc2)NN1. The van der Waals surface area contributed by atoms with Crippen LogP contribution in [0.4, 0.5) is 0 Å². The Labute approximate surface area is 117 Å². The van der Waals surface area contributed by atoms with Crippen LogP contribution >= 0.6 is 0 Å². The van der Waals surface area contributed by atoms with Crippen molar-refractivity contribution in [3.8, 4) is 5.69 Å². The first kappa shape index (κ1) is 12.9. The van der Waals surface area contributed by atoms with Crippen LogP contribution in [0.25, 0.3) is 5.69 Å². The Balaban J connectivity index is 1.75. The van der Waals surface area contributed by atoms with E-state index in [0.29, 0.717) is 6.42 Å². The molecule has 0 bridgehead atoms. The van der Waals surface area contributed by atoms with Gasteiger partial charge in [-0.3, -0.25) is 10.2 Å². The number of aromatic nitrogens is 1. The summed E-state index contributed by atoms with van der Waals surface area (Å²) < 4.78 is 1.98. The predicted molar refractivity (Wildman–Crippen MR) is 74.9 cm³/mol. The molecule has 1 aliphatic heterocycles. The lowest BCUT2D eigenvalue weighted by Gasteiger charge is -2.24. The molecule has 0 spiro atoms. The van der Waals surface area contributed by atoms with Gasteiger partial charge >= 0.3 is 0 Å². The molecular formula is C15H17N3O2. The third-order valence-corrected chi connectivity index (χ3v) is 3.58. The number of carbonyl (C=O) groups is 1. The summed E-state index contributed by atoms with van der Waals surface area (Å²) >= 11 is 0. The molecule has 1 aliphatic rings. The van der Waals surface area contributed by atoms with Gasteiger partial charge in [-0.15, -0.1) is 0 Å². The largest absolute Gasteiger partial charge is 0.392 e. The Morgan fingerprint density at radius 1 is 1.25 bits per heavy atom. The molecule has 2 heterocycles. The van der Waals surface area contributed by atoms with Crippen LogP contribution in [0.2, 0.25) is 0 Å². The Bertz CT molecular complexity index is 594. The van der Waals surface area contributed by atoms with Gasteiger partial charge < -0.3 is 9.67 Å². The predicted octanol–water partition coefficient (Wildman–Crippen LogP) is 1.43.